The average molecular weight is 261 g/mol. The average Bonchev–Trinajstić information content (AvgIpc) is 2.45. The van der Waals surface area contributed by atoms with Gasteiger partial charge in [-0.05, 0) is 40.8 Å². The van der Waals surface area contributed by atoms with E-state index in [0.717, 1.165) is 16.8 Å². The number of hydrogen-bond acceptors (Lipinski definition) is 1. The van der Waals surface area contributed by atoms with Crippen molar-refractivity contribution < 1.29 is 0 Å². The Hall–Kier alpha value is -2.33. The third-order valence-electron chi connectivity index (χ3n) is 3.17. The monoisotopic (exact) mass is 261 g/mol. The van der Waals surface area contributed by atoms with Gasteiger partial charge in [-0.3, -0.25) is 4.99 Å². The third-order valence-corrected chi connectivity index (χ3v) is 3.17. The molecule has 2 aromatic rings. The van der Waals surface area contributed by atoms with Gasteiger partial charge in [-0.1, -0.05) is 51.0 Å². The van der Waals surface area contributed by atoms with E-state index in [4.69, 9.17) is 6.42 Å². The minimum absolute atomic E-state index is 0.174. The lowest BCUT2D eigenvalue weighted by atomic mass is 9.87. The van der Waals surface area contributed by atoms with Crippen LogP contribution in [-0.2, 0) is 5.41 Å². The highest BCUT2D eigenvalue weighted by Gasteiger charge is 2.12. The fraction of sp³-hybridized carbons (Fsp3) is 0.211. The molecular weight excluding hydrogens is 242 g/mol. The van der Waals surface area contributed by atoms with Gasteiger partial charge >= 0.3 is 0 Å². The van der Waals surface area contributed by atoms with Crippen molar-refractivity contribution in [2.45, 2.75) is 26.2 Å². The molecule has 0 saturated carbocycles. The maximum Gasteiger partial charge on any atom is 0.0630 e. The van der Waals surface area contributed by atoms with E-state index >= 15 is 0 Å². The lowest BCUT2D eigenvalue weighted by Crippen LogP contribution is -2.10. The number of rotatable bonds is 2. The number of hydrogen-bond donors (Lipinski definition) is 0. The Balaban J connectivity index is 2.13. The zero-order valence-corrected chi connectivity index (χ0v) is 12.2. The van der Waals surface area contributed by atoms with Crippen molar-refractivity contribution in [3.05, 3.63) is 65.2 Å². The molecule has 0 fully saturated rings. The van der Waals surface area contributed by atoms with Crippen LogP contribution in [0.15, 0.2) is 53.5 Å². The predicted molar refractivity (Wildman–Crippen MR) is 86.8 cm³/mol. The van der Waals surface area contributed by atoms with E-state index in [0.29, 0.717) is 0 Å². The van der Waals surface area contributed by atoms with E-state index < -0.39 is 0 Å². The smallest absolute Gasteiger partial charge is 0.0630 e. The molecule has 2 aromatic carbocycles. The molecule has 20 heavy (non-hydrogen) atoms. The molecule has 0 aliphatic rings. The van der Waals surface area contributed by atoms with Crippen molar-refractivity contribution in [2.75, 3.05) is 0 Å². The fourth-order valence-corrected chi connectivity index (χ4v) is 1.86. The molecular formula is C19H19N. The standard InChI is InChI=1S/C19H19N/c1-5-15-6-8-16(9-7-15)14-20-18-12-10-17(11-13-18)19(2,3)4/h1,6-14H,2-4H3. The summed E-state index contributed by atoms with van der Waals surface area (Å²) < 4.78 is 0. The van der Waals surface area contributed by atoms with Gasteiger partial charge < -0.3 is 0 Å². The molecule has 0 unspecified atom stereocenters. The van der Waals surface area contributed by atoms with Crippen LogP contribution in [0.2, 0.25) is 0 Å². The predicted octanol–water partition coefficient (Wildman–Crippen LogP) is 4.72. The Morgan fingerprint density at radius 1 is 0.950 bits per heavy atom. The van der Waals surface area contributed by atoms with E-state index in [9.17, 15) is 0 Å². The molecule has 0 radical (unpaired) electrons. The lowest BCUT2D eigenvalue weighted by Gasteiger charge is -2.18. The molecule has 0 aliphatic carbocycles. The van der Waals surface area contributed by atoms with Crippen LogP contribution in [0.1, 0.15) is 37.5 Å². The molecule has 0 aromatic heterocycles. The van der Waals surface area contributed by atoms with E-state index in [-0.39, 0.29) is 5.41 Å². The van der Waals surface area contributed by atoms with Crippen LogP contribution < -0.4 is 0 Å². The molecule has 0 spiro atoms. The Kier molecular flexibility index (Phi) is 4.05. The fourth-order valence-electron chi connectivity index (χ4n) is 1.86. The zero-order chi connectivity index (χ0) is 14.6. The van der Waals surface area contributed by atoms with E-state index in [1.54, 1.807) is 0 Å². The van der Waals surface area contributed by atoms with Crippen molar-refractivity contribution in [1.29, 1.82) is 0 Å². The number of aliphatic imine (C=N–C) groups is 1. The quantitative estimate of drug-likeness (QED) is 0.548. The van der Waals surface area contributed by atoms with Crippen LogP contribution in [0.4, 0.5) is 5.69 Å². The zero-order valence-electron chi connectivity index (χ0n) is 12.2. The number of terminal acetylenes is 1. The van der Waals surface area contributed by atoms with Gasteiger partial charge in [0.1, 0.15) is 0 Å². The van der Waals surface area contributed by atoms with E-state index in [2.05, 4.69) is 43.8 Å². The highest BCUT2D eigenvalue weighted by molar-refractivity contribution is 5.82. The Morgan fingerprint density at radius 3 is 2.05 bits per heavy atom. The molecule has 0 saturated heterocycles. The Bertz CT molecular complexity index is 632. The first kappa shape index (κ1) is 14.1. The summed E-state index contributed by atoms with van der Waals surface area (Å²) in [6.07, 6.45) is 7.18. The molecule has 0 N–H and O–H groups in total. The van der Waals surface area contributed by atoms with Crippen LogP contribution in [0.5, 0.6) is 0 Å². The second-order valence-corrected chi connectivity index (χ2v) is 5.82. The van der Waals surface area contributed by atoms with Crippen molar-refractivity contribution in [3.63, 3.8) is 0 Å². The van der Waals surface area contributed by atoms with Gasteiger partial charge in [0.2, 0.25) is 0 Å². The van der Waals surface area contributed by atoms with Gasteiger partial charge in [0.25, 0.3) is 0 Å². The summed E-state index contributed by atoms with van der Waals surface area (Å²) in [5.41, 5.74) is 4.38. The van der Waals surface area contributed by atoms with Crippen LogP contribution in [0.25, 0.3) is 0 Å². The van der Waals surface area contributed by atoms with Crippen LogP contribution in [0.3, 0.4) is 0 Å². The minimum Gasteiger partial charge on any atom is -0.256 e. The van der Waals surface area contributed by atoms with E-state index in [1.807, 2.05) is 42.6 Å². The summed E-state index contributed by atoms with van der Waals surface area (Å²) in [6.45, 7) is 6.62. The second kappa shape index (κ2) is 5.75. The van der Waals surface area contributed by atoms with Crippen molar-refractivity contribution in [1.82, 2.24) is 0 Å². The van der Waals surface area contributed by atoms with Gasteiger partial charge in [0.15, 0.2) is 0 Å². The molecule has 0 bridgehead atoms. The van der Waals surface area contributed by atoms with E-state index in [1.165, 1.54) is 5.56 Å². The van der Waals surface area contributed by atoms with Crippen molar-refractivity contribution in [3.8, 4) is 12.3 Å². The SMILES string of the molecule is C#Cc1ccc(C=Nc2ccc(C(C)(C)C)cc2)cc1. The molecule has 1 nitrogen and oxygen atoms in total. The lowest BCUT2D eigenvalue weighted by molar-refractivity contribution is 0.590. The maximum absolute atomic E-state index is 5.33. The molecule has 1 heteroatoms. The normalized spacial score (nSPS) is 11.5. The summed E-state index contributed by atoms with van der Waals surface area (Å²) in [4.78, 5) is 4.48. The summed E-state index contributed by atoms with van der Waals surface area (Å²) >= 11 is 0. The van der Waals surface area contributed by atoms with Gasteiger partial charge in [-0.25, -0.2) is 0 Å². The van der Waals surface area contributed by atoms with Crippen molar-refractivity contribution in [2.24, 2.45) is 4.99 Å². The Morgan fingerprint density at radius 2 is 1.55 bits per heavy atom. The first-order chi connectivity index (χ1) is 9.49. The molecule has 2 rings (SSSR count). The summed E-state index contributed by atoms with van der Waals surface area (Å²) in [7, 11) is 0. The summed E-state index contributed by atoms with van der Waals surface area (Å²) in [6, 6.07) is 16.2. The highest BCUT2D eigenvalue weighted by Crippen LogP contribution is 2.24. The van der Waals surface area contributed by atoms with Gasteiger partial charge in [0.05, 0.1) is 5.69 Å². The first-order valence-electron chi connectivity index (χ1n) is 6.70. The summed E-state index contributed by atoms with van der Waals surface area (Å²) in [5.74, 6) is 2.60. The number of nitrogens with zero attached hydrogens (tertiary/aromatic N) is 1. The second-order valence-electron chi connectivity index (χ2n) is 5.82. The van der Waals surface area contributed by atoms with Crippen LogP contribution >= 0.6 is 0 Å². The van der Waals surface area contributed by atoms with Crippen LogP contribution in [-0.4, -0.2) is 6.21 Å². The summed E-state index contributed by atoms with van der Waals surface area (Å²) in [5, 5.41) is 0. The molecule has 0 heterocycles. The molecule has 0 atom stereocenters. The van der Waals surface area contributed by atoms with Crippen molar-refractivity contribution >= 4 is 11.9 Å². The first-order valence-corrected chi connectivity index (χ1v) is 6.70. The highest BCUT2D eigenvalue weighted by atomic mass is 14.7. The minimum atomic E-state index is 0.174. The maximum atomic E-state index is 5.33. The molecule has 100 valence electrons. The largest absolute Gasteiger partial charge is 0.256 e. The van der Waals surface area contributed by atoms with Gasteiger partial charge in [-0.15, -0.1) is 6.42 Å². The topological polar surface area (TPSA) is 12.4 Å². The Labute approximate surface area is 121 Å². The van der Waals surface area contributed by atoms with Crippen LogP contribution in [0, 0.1) is 12.3 Å². The van der Waals surface area contributed by atoms with Gasteiger partial charge in [0, 0.05) is 11.8 Å². The van der Waals surface area contributed by atoms with Gasteiger partial charge in [-0.2, -0.15) is 0 Å². The third kappa shape index (κ3) is 3.59. The molecule has 0 amide bonds. The molecule has 0 aliphatic heterocycles. The number of benzene rings is 2.